The SMILES string of the molecule is c1ccc(N2c3ccccc3-n3c4cc5c6ccccc6n(-c6cccc7c6oc6ccccc67)c5cc4c4cccc2c43)cc1. The van der Waals surface area contributed by atoms with Gasteiger partial charge in [0.1, 0.15) is 5.58 Å². The molecule has 11 rings (SSSR count). The molecule has 0 atom stereocenters. The van der Waals surface area contributed by atoms with Gasteiger partial charge in [0.15, 0.2) is 5.58 Å². The lowest BCUT2D eigenvalue weighted by Crippen LogP contribution is -2.17. The standard InChI is InChI=1S/C42H25N3O/c1-2-12-26(13-3-1)43-34-19-7-8-20-35(34)45-39-24-31-27-14-4-6-18-33(27)44(38(31)25-32(39)29-16-10-21-36(43)41(29)45)37-22-11-17-30-28-15-5-9-23-40(28)46-42(30)37/h1-25H. The topological polar surface area (TPSA) is 26.2 Å². The molecule has 10 aromatic rings. The van der Waals surface area contributed by atoms with Gasteiger partial charge in [-0.25, -0.2) is 0 Å². The Bertz CT molecular complexity index is 2870. The van der Waals surface area contributed by atoms with Crippen LogP contribution in [0.4, 0.5) is 17.1 Å². The highest BCUT2D eigenvalue weighted by molar-refractivity contribution is 6.22. The summed E-state index contributed by atoms with van der Waals surface area (Å²) < 4.78 is 11.4. The van der Waals surface area contributed by atoms with Crippen LogP contribution >= 0.6 is 0 Å². The van der Waals surface area contributed by atoms with E-state index in [1.165, 1.54) is 55.2 Å². The summed E-state index contributed by atoms with van der Waals surface area (Å²) in [6.45, 7) is 0. The first-order valence-corrected chi connectivity index (χ1v) is 15.7. The predicted octanol–water partition coefficient (Wildman–Crippen LogP) is 11.6. The van der Waals surface area contributed by atoms with Crippen molar-refractivity contribution in [1.82, 2.24) is 9.13 Å². The number of para-hydroxylation sites is 7. The second-order valence-electron chi connectivity index (χ2n) is 12.2. The van der Waals surface area contributed by atoms with Crippen LogP contribution in [0.5, 0.6) is 0 Å². The monoisotopic (exact) mass is 587 g/mol. The van der Waals surface area contributed by atoms with E-state index in [-0.39, 0.29) is 0 Å². The average Bonchev–Trinajstić information content (AvgIpc) is 3.76. The fourth-order valence-corrected chi connectivity index (χ4v) is 7.93. The summed E-state index contributed by atoms with van der Waals surface area (Å²) >= 11 is 0. The van der Waals surface area contributed by atoms with E-state index in [9.17, 15) is 0 Å². The Hall–Kier alpha value is -6.26. The number of aromatic nitrogens is 2. The van der Waals surface area contributed by atoms with E-state index in [1.807, 2.05) is 6.07 Å². The van der Waals surface area contributed by atoms with Crippen LogP contribution in [0.2, 0.25) is 0 Å². The Morgan fingerprint density at radius 2 is 0.978 bits per heavy atom. The van der Waals surface area contributed by atoms with Gasteiger partial charge in [0.2, 0.25) is 0 Å². The van der Waals surface area contributed by atoms with Gasteiger partial charge in [0, 0.05) is 38.0 Å². The highest BCUT2D eigenvalue weighted by atomic mass is 16.3. The number of rotatable bonds is 2. The van der Waals surface area contributed by atoms with Crippen molar-refractivity contribution < 1.29 is 4.42 Å². The first-order valence-electron chi connectivity index (χ1n) is 15.7. The fourth-order valence-electron chi connectivity index (χ4n) is 7.93. The highest BCUT2D eigenvalue weighted by Gasteiger charge is 2.29. The van der Waals surface area contributed by atoms with Crippen LogP contribution in [0.15, 0.2) is 156 Å². The van der Waals surface area contributed by atoms with Crippen molar-refractivity contribution >= 4 is 82.6 Å². The average molecular weight is 588 g/mol. The Balaban J connectivity index is 1.29. The molecule has 3 aromatic heterocycles. The second-order valence-corrected chi connectivity index (χ2v) is 12.2. The van der Waals surface area contributed by atoms with E-state index >= 15 is 0 Å². The summed E-state index contributed by atoms with van der Waals surface area (Å²) in [6.07, 6.45) is 0. The van der Waals surface area contributed by atoms with Crippen molar-refractivity contribution in [2.45, 2.75) is 0 Å². The van der Waals surface area contributed by atoms with E-state index in [1.54, 1.807) is 0 Å². The number of benzene rings is 7. The van der Waals surface area contributed by atoms with Gasteiger partial charge in [-0.15, -0.1) is 0 Å². The highest BCUT2D eigenvalue weighted by Crippen LogP contribution is 2.50. The molecule has 0 fully saturated rings. The van der Waals surface area contributed by atoms with Gasteiger partial charge in [-0.3, -0.25) is 0 Å². The zero-order valence-electron chi connectivity index (χ0n) is 24.7. The van der Waals surface area contributed by atoms with Crippen molar-refractivity contribution in [1.29, 1.82) is 0 Å². The third kappa shape index (κ3) is 2.98. The number of furan rings is 1. The maximum atomic E-state index is 6.57. The zero-order chi connectivity index (χ0) is 29.9. The molecule has 1 aliphatic heterocycles. The molecule has 4 heteroatoms. The lowest BCUT2D eigenvalue weighted by molar-refractivity contribution is 0.666. The molecule has 0 aliphatic carbocycles. The molecule has 0 amide bonds. The van der Waals surface area contributed by atoms with Crippen LogP contribution in [0, 0.1) is 0 Å². The van der Waals surface area contributed by atoms with Crippen molar-refractivity contribution in [2.75, 3.05) is 4.90 Å². The predicted molar refractivity (Wildman–Crippen MR) is 191 cm³/mol. The summed E-state index contributed by atoms with van der Waals surface area (Å²) in [5.74, 6) is 0. The molecule has 0 bridgehead atoms. The van der Waals surface area contributed by atoms with E-state index in [4.69, 9.17) is 4.42 Å². The molecular formula is C42H25N3O. The van der Waals surface area contributed by atoms with Gasteiger partial charge in [-0.05, 0) is 60.7 Å². The molecule has 0 radical (unpaired) electrons. The van der Waals surface area contributed by atoms with Crippen LogP contribution < -0.4 is 4.90 Å². The fraction of sp³-hybridized carbons (Fsp3) is 0. The number of hydrogen-bond acceptors (Lipinski definition) is 2. The number of anilines is 3. The molecule has 0 saturated carbocycles. The zero-order valence-corrected chi connectivity index (χ0v) is 24.7. The van der Waals surface area contributed by atoms with Gasteiger partial charge in [-0.2, -0.15) is 0 Å². The minimum Gasteiger partial charge on any atom is -0.454 e. The number of hydrogen-bond donors (Lipinski definition) is 0. The van der Waals surface area contributed by atoms with E-state index in [0.717, 1.165) is 38.8 Å². The Morgan fingerprint density at radius 3 is 1.85 bits per heavy atom. The maximum Gasteiger partial charge on any atom is 0.159 e. The summed E-state index contributed by atoms with van der Waals surface area (Å²) in [7, 11) is 0. The Morgan fingerprint density at radius 1 is 0.370 bits per heavy atom. The first-order chi connectivity index (χ1) is 22.8. The lowest BCUT2D eigenvalue weighted by Gasteiger charge is -2.33. The largest absolute Gasteiger partial charge is 0.454 e. The van der Waals surface area contributed by atoms with Crippen LogP contribution in [0.3, 0.4) is 0 Å². The van der Waals surface area contributed by atoms with Crippen LogP contribution in [-0.4, -0.2) is 9.13 Å². The van der Waals surface area contributed by atoms with E-state index in [2.05, 4.69) is 160 Å². The normalized spacial score (nSPS) is 12.7. The molecule has 0 spiro atoms. The lowest BCUT2D eigenvalue weighted by atomic mass is 10.1. The molecular weight excluding hydrogens is 562 g/mol. The van der Waals surface area contributed by atoms with Gasteiger partial charge in [-0.1, -0.05) is 91.0 Å². The molecule has 0 N–H and O–H groups in total. The van der Waals surface area contributed by atoms with Crippen molar-refractivity contribution in [2.24, 2.45) is 0 Å². The van der Waals surface area contributed by atoms with E-state index < -0.39 is 0 Å². The van der Waals surface area contributed by atoms with Crippen LogP contribution in [-0.2, 0) is 0 Å². The van der Waals surface area contributed by atoms with E-state index in [0.29, 0.717) is 0 Å². The maximum absolute atomic E-state index is 6.57. The molecule has 4 heterocycles. The van der Waals surface area contributed by atoms with Gasteiger partial charge in [0.25, 0.3) is 0 Å². The Kier molecular flexibility index (Phi) is 4.55. The third-order valence-corrected chi connectivity index (χ3v) is 9.80. The minimum atomic E-state index is 0.904. The second kappa shape index (κ2) is 8.68. The summed E-state index contributed by atoms with van der Waals surface area (Å²) in [5.41, 5.74) is 12.3. The minimum absolute atomic E-state index is 0.904. The quantitative estimate of drug-likeness (QED) is 0.201. The summed E-state index contributed by atoms with van der Waals surface area (Å²) in [5, 5.41) is 7.18. The number of nitrogens with zero attached hydrogens (tertiary/aromatic N) is 3. The van der Waals surface area contributed by atoms with Gasteiger partial charge in [0.05, 0.1) is 44.8 Å². The third-order valence-electron chi connectivity index (χ3n) is 9.80. The molecule has 214 valence electrons. The van der Waals surface area contributed by atoms with Crippen molar-refractivity contribution in [3.05, 3.63) is 152 Å². The first kappa shape index (κ1) is 24.1. The van der Waals surface area contributed by atoms with Crippen molar-refractivity contribution in [3.63, 3.8) is 0 Å². The van der Waals surface area contributed by atoms with Gasteiger partial charge >= 0.3 is 0 Å². The summed E-state index contributed by atoms with van der Waals surface area (Å²) in [4.78, 5) is 2.40. The number of fused-ring (bicyclic) bond motifs is 11. The van der Waals surface area contributed by atoms with Gasteiger partial charge < -0.3 is 18.5 Å². The molecule has 1 aliphatic rings. The van der Waals surface area contributed by atoms with Crippen LogP contribution in [0.1, 0.15) is 0 Å². The molecule has 4 nitrogen and oxygen atoms in total. The molecule has 7 aromatic carbocycles. The molecule has 46 heavy (non-hydrogen) atoms. The Labute approximate surface area is 263 Å². The summed E-state index contributed by atoms with van der Waals surface area (Å²) in [6, 6.07) is 54.5. The smallest absolute Gasteiger partial charge is 0.159 e. The van der Waals surface area contributed by atoms with Crippen LogP contribution in [0.25, 0.3) is 76.9 Å². The van der Waals surface area contributed by atoms with Crippen molar-refractivity contribution in [3.8, 4) is 11.4 Å². The molecule has 0 unspecified atom stereocenters. The molecule has 0 saturated heterocycles.